The summed E-state index contributed by atoms with van der Waals surface area (Å²) in [7, 11) is 1.38. The highest BCUT2D eigenvalue weighted by Gasteiger charge is 2.20. The second-order valence-electron chi connectivity index (χ2n) is 4.48. The van der Waals surface area contributed by atoms with E-state index in [4.69, 9.17) is 16.3 Å². The zero-order valence-corrected chi connectivity index (χ0v) is 13.8. The molecular weight excluding hydrogens is 354 g/mol. The minimum atomic E-state index is -0.518. The number of ether oxygens (including phenoxy) is 1. The Morgan fingerprint density at radius 1 is 1.29 bits per heavy atom. The zero-order valence-electron chi connectivity index (χ0n) is 11.5. The van der Waals surface area contributed by atoms with Crippen LogP contribution in [-0.2, 0) is 16.1 Å². The van der Waals surface area contributed by atoms with Crippen molar-refractivity contribution in [1.82, 2.24) is 5.32 Å². The third-order valence-corrected chi connectivity index (χ3v) is 3.93. The molecule has 0 radical (unpaired) electrons. The van der Waals surface area contributed by atoms with Crippen molar-refractivity contribution in [1.29, 1.82) is 0 Å². The second kappa shape index (κ2) is 7.59. The number of nitrogens with one attached hydrogen (secondary N) is 1. The molecule has 0 aliphatic heterocycles. The minimum absolute atomic E-state index is 0.325. The van der Waals surface area contributed by atoms with Crippen molar-refractivity contribution in [3.8, 4) is 0 Å². The number of hydrogen-bond acceptors (Lipinski definition) is 3. The van der Waals surface area contributed by atoms with Gasteiger partial charge in [0.05, 0.1) is 7.11 Å². The Balaban J connectivity index is 2.15. The van der Waals surface area contributed by atoms with Gasteiger partial charge in [-0.1, -0.05) is 63.9 Å². The van der Waals surface area contributed by atoms with E-state index in [1.54, 1.807) is 0 Å². The van der Waals surface area contributed by atoms with E-state index in [0.717, 1.165) is 15.6 Å². The molecule has 0 heterocycles. The molecule has 2 aromatic carbocycles. The summed E-state index contributed by atoms with van der Waals surface area (Å²) in [6, 6.07) is 14.6. The lowest BCUT2D eigenvalue weighted by molar-refractivity contribution is -0.143. The number of rotatable bonds is 5. The summed E-state index contributed by atoms with van der Waals surface area (Å²) in [6.07, 6.45) is 0. The van der Waals surface area contributed by atoms with Crippen molar-refractivity contribution < 1.29 is 9.53 Å². The molecule has 5 heteroatoms. The van der Waals surface area contributed by atoms with Gasteiger partial charge in [-0.05, 0) is 23.3 Å². The Morgan fingerprint density at radius 3 is 2.62 bits per heavy atom. The van der Waals surface area contributed by atoms with Crippen molar-refractivity contribution in [2.75, 3.05) is 7.11 Å². The van der Waals surface area contributed by atoms with Crippen molar-refractivity contribution in [3.05, 3.63) is 69.2 Å². The Hall–Kier alpha value is -1.36. The fourth-order valence-corrected chi connectivity index (χ4v) is 2.72. The average molecular weight is 369 g/mol. The van der Waals surface area contributed by atoms with Crippen LogP contribution in [0.3, 0.4) is 0 Å². The molecule has 0 saturated heterocycles. The van der Waals surface area contributed by atoms with Gasteiger partial charge in [0.1, 0.15) is 6.04 Å². The molecule has 0 amide bonds. The van der Waals surface area contributed by atoms with E-state index in [9.17, 15) is 4.79 Å². The number of hydrogen-bond donors (Lipinski definition) is 1. The smallest absolute Gasteiger partial charge is 0.327 e. The van der Waals surface area contributed by atoms with Gasteiger partial charge in [-0.3, -0.25) is 5.32 Å². The fraction of sp³-hybridized carbons (Fsp3) is 0.188. The number of esters is 1. The Kier molecular flexibility index (Phi) is 5.79. The number of carbonyl (C=O) groups excluding carboxylic acids is 1. The Bertz CT molecular complexity index is 619. The second-order valence-corrected chi connectivity index (χ2v) is 5.81. The molecule has 110 valence electrons. The Morgan fingerprint density at radius 2 is 2.00 bits per heavy atom. The number of benzene rings is 2. The normalized spacial score (nSPS) is 12.0. The summed E-state index contributed by atoms with van der Waals surface area (Å²) in [6.45, 7) is 0.473. The van der Waals surface area contributed by atoms with Gasteiger partial charge in [0.2, 0.25) is 0 Å². The maximum absolute atomic E-state index is 11.9. The maximum Gasteiger partial charge on any atom is 0.327 e. The predicted molar refractivity (Wildman–Crippen MR) is 87.2 cm³/mol. The number of halogens is 2. The number of methoxy groups -OCH3 is 1. The molecule has 0 aromatic heterocycles. The highest BCUT2D eigenvalue weighted by Crippen LogP contribution is 2.22. The average Bonchev–Trinajstić information content (AvgIpc) is 2.50. The first-order valence-corrected chi connectivity index (χ1v) is 7.59. The van der Waals surface area contributed by atoms with Crippen LogP contribution in [0.15, 0.2) is 53.0 Å². The molecule has 1 atom stereocenters. The standard InChI is InChI=1S/C16H15BrClNO2/c1-21-16(20)15(11-5-3-2-4-6-11)19-10-12-7-8-13(17)9-14(12)18/h2-9,15,19H,10H2,1H3. The van der Waals surface area contributed by atoms with Crippen LogP contribution in [0.4, 0.5) is 0 Å². The van der Waals surface area contributed by atoms with Crippen molar-refractivity contribution in [2.24, 2.45) is 0 Å². The first kappa shape index (κ1) is 16.0. The molecule has 1 N–H and O–H groups in total. The van der Waals surface area contributed by atoms with Crippen LogP contribution in [-0.4, -0.2) is 13.1 Å². The van der Waals surface area contributed by atoms with Crippen molar-refractivity contribution in [3.63, 3.8) is 0 Å². The molecular formula is C16H15BrClNO2. The monoisotopic (exact) mass is 367 g/mol. The van der Waals surface area contributed by atoms with E-state index >= 15 is 0 Å². The van der Waals surface area contributed by atoms with E-state index in [1.165, 1.54) is 7.11 Å². The molecule has 0 fully saturated rings. The van der Waals surface area contributed by atoms with E-state index in [-0.39, 0.29) is 5.97 Å². The van der Waals surface area contributed by atoms with Gasteiger partial charge in [0.15, 0.2) is 0 Å². The van der Waals surface area contributed by atoms with E-state index in [0.29, 0.717) is 11.6 Å². The SMILES string of the molecule is COC(=O)C(NCc1ccc(Br)cc1Cl)c1ccccc1. The quantitative estimate of drug-likeness (QED) is 0.807. The minimum Gasteiger partial charge on any atom is -0.468 e. The Labute approximate surface area is 137 Å². The van der Waals surface area contributed by atoms with Gasteiger partial charge >= 0.3 is 5.97 Å². The molecule has 3 nitrogen and oxygen atoms in total. The maximum atomic E-state index is 11.9. The van der Waals surface area contributed by atoms with Crippen molar-refractivity contribution >= 4 is 33.5 Å². The topological polar surface area (TPSA) is 38.3 Å². The van der Waals surface area contributed by atoms with Crippen molar-refractivity contribution in [2.45, 2.75) is 12.6 Å². The molecule has 2 rings (SSSR count). The van der Waals surface area contributed by atoms with Gasteiger partial charge < -0.3 is 4.74 Å². The van der Waals surface area contributed by atoms with E-state index in [1.807, 2.05) is 48.5 Å². The highest BCUT2D eigenvalue weighted by molar-refractivity contribution is 9.10. The van der Waals surface area contributed by atoms with Gasteiger partial charge in [-0.15, -0.1) is 0 Å². The van der Waals surface area contributed by atoms with Crippen LogP contribution >= 0.6 is 27.5 Å². The third kappa shape index (κ3) is 4.30. The van der Waals surface area contributed by atoms with Crippen LogP contribution in [0.5, 0.6) is 0 Å². The lowest BCUT2D eigenvalue weighted by Crippen LogP contribution is -2.29. The van der Waals surface area contributed by atoms with Crippen LogP contribution in [0, 0.1) is 0 Å². The summed E-state index contributed by atoms with van der Waals surface area (Å²) in [5, 5.41) is 3.84. The summed E-state index contributed by atoms with van der Waals surface area (Å²) >= 11 is 9.55. The molecule has 0 bridgehead atoms. The summed E-state index contributed by atoms with van der Waals surface area (Å²) in [4.78, 5) is 11.9. The summed E-state index contributed by atoms with van der Waals surface area (Å²) < 4.78 is 5.78. The van der Waals surface area contributed by atoms with Gasteiger partial charge in [0, 0.05) is 16.0 Å². The zero-order chi connectivity index (χ0) is 15.2. The molecule has 0 aliphatic carbocycles. The number of carbonyl (C=O) groups is 1. The third-order valence-electron chi connectivity index (χ3n) is 3.08. The van der Waals surface area contributed by atoms with Gasteiger partial charge in [-0.25, -0.2) is 4.79 Å². The van der Waals surface area contributed by atoms with Crippen LogP contribution in [0.1, 0.15) is 17.2 Å². The molecule has 0 saturated carbocycles. The van der Waals surface area contributed by atoms with E-state index < -0.39 is 6.04 Å². The largest absolute Gasteiger partial charge is 0.468 e. The molecule has 21 heavy (non-hydrogen) atoms. The van der Waals surface area contributed by atoms with E-state index in [2.05, 4.69) is 21.2 Å². The predicted octanol–water partition coefficient (Wildman–Crippen LogP) is 4.11. The lowest BCUT2D eigenvalue weighted by Gasteiger charge is -2.17. The van der Waals surface area contributed by atoms with Gasteiger partial charge in [-0.2, -0.15) is 0 Å². The first-order chi connectivity index (χ1) is 10.1. The van der Waals surface area contributed by atoms with Gasteiger partial charge in [0.25, 0.3) is 0 Å². The summed E-state index contributed by atoms with van der Waals surface area (Å²) in [5.41, 5.74) is 1.78. The van der Waals surface area contributed by atoms with Crippen LogP contribution in [0.2, 0.25) is 5.02 Å². The highest BCUT2D eigenvalue weighted by atomic mass is 79.9. The van der Waals surface area contributed by atoms with Crippen LogP contribution in [0.25, 0.3) is 0 Å². The molecule has 2 aromatic rings. The molecule has 0 spiro atoms. The fourth-order valence-electron chi connectivity index (χ4n) is 1.98. The first-order valence-electron chi connectivity index (χ1n) is 6.42. The van der Waals surface area contributed by atoms with Crippen LogP contribution < -0.4 is 5.32 Å². The molecule has 0 aliphatic rings. The lowest BCUT2D eigenvalue weighted by atomic mass is 10.1. The summed E-state index contributed by atoms with van der Waals surface area (Å²) in [5.74, 6) is -0.325. The molecule has 1 unspecified atom stereocenters.